The van der Waals surface area contributed by atoms with Crippen molar-refractivity contribution < 1.29 is 4.74 Å². The maximum atomic E-state index is 5.60. The Morgan fingerprint density at radius 2 is 1.62 bits per heavy atom. The Bertz CT molecular complexity index is 376. The summed E-state index contributed by atoms with van der Waals surface area (Å²) in [5, 5.41) is 3.53. The number of hydrogen-bond donors (Lipinski definition) is 1. The Morgan fingerprint density at radius 3 is 2.19 bits per heavy atom. The fourth-order valence-electron chi connectivity index (χ4n) is 2.15. The second-order valence-electron chi connectivity index (χ2n) is 7.37. The lowest BCUT2D eigenvalue weighted by Gasteiger charge is -2.17. The molecule has 0 atom stereocenters. The molecule has 2 heteroatoms. The molecule has 0 fully saturated rings. The van der Waals surface area contributed by atoms with E-state index in [0.29, 0.717) is 18.1 Å². The van der Waals surface area contributed by atoms with Crippen LogP contribution in [0.4, 0.5) is 0 Å². The van der Waals surface area contributed by atoms with Gasteiger partial charge in [-0.05, 0) is 49.8 Å². The van der Waals surface area contributed by atoms with Crippen molar-refractivity contribution in [3.63, 3.8) is 0 Å². The van der Waals surface area contributed by atoms with Crippen molar-refractivity contribution in [3.05, 3.63) is 35.4 Å². The van der Waals surface area contributed by atoms with Gasteiger partial charge in [0, 0.05) is 6.54 Å². The van der Waals surface area contributed by atoms with Crippen LogP contribution in [0.1, 0.15) is 65.0 Å². The number of ether oxygens (including phenoxy) is 1. The van der Waals surface area contributed by atoms with Crippen molar-refractivity contribution >= 4 is 0 Å². The van der Waals surface area contributed by atoms with Gasteiger partial charge in [0.15, 0.2) is 0 Å². The Balaban J connectivity index is 2.15. The van der Waals surface area contributed by atoms with Crippen LogP contribution in [0.5, 0.6) is 0 Å². The van der Waals surface area contributed by atoms with Gasteiger partial charge in [-0.25, -0.2) is 0 Å². The van der Waals surface area contributed by atoms with Crippen LogP contribution in [0.3, 0.4) is 0 Å². The zero-order chi connectivity index (χ0) is 15.7. The van der Waals surface area contributed by atoms with E-state index >= 15 is 0 Å². The van der Waals surface area contributed by atoms with Crippen molar-refractivity contribution in [2.75, 3.05) is 6.54 Å². The van der Waals surface area contributed by atoms with Gasteiger partial charge in [0.1, 0.15) is 0 Å². The predicted molar refractivity (Wildman–Crippen MR) is 91.4 cm³/mol. The molecule has 0 aliphatic heterocycles. The molecule has 1 aromatic carbocycles. The van der Waals surface area contributed by atoms with Crippen LogP contribution < -0.4 is 5.32 Å². The van der Waals surface area contributed by atoms with Gasteiger partial charge < -0.3 is 10.1 Å². The van der Waals surface area contributed by atoms with Crippen LogP contribution in [0.2, 0.25) is 0 Å². The van der Waals surface area contributed by atoms with Crippen LogP contribution in [0, 0.1) is 5.41 Å². The third-order valence-corrected chi connectivity index (χ3v) is 3.47. The van der Waals surface area contributed by atoms with Gasteiger partial charge >= 0.3 is 0 Å². The van der Waals surface area contributed by atoms with Crippen molar-refractivity contribution in [1.29, 1.82) is 0 Å². The monoisotopic (exact) mass is 291 g/mol. The first-order valence-corrected chi connectivity index (χ1v) is 8.27. The molecule has 0 heterocycles. The van der Waals surface area contributed by atoms with Crippen LogP contribution in [0.15, 0.2) is 24.3 Å². The molecule has 0 amide bonds. The van der Waals surface area contributed by atoms with E-state index in [2.05, 4.69) is 64.2 Å². The fraction of sp³-hybridized carbons (Fsp3) is 0.684. The highest BCUT2D eigenvalue weighted by Gasteiger charge is 2.08. The molecule has 0 aromatic heterocycles. The summed E-state index contributed by atoms with van der Waals surface area (Å²) < 4.78 is 5.60. The molecule has 1 N–H and O–H groups in total. The van der Waals surface area contributed by atoms with Gasteiger partial charge in [-0.2, -0.15) is 0 Å². The molecule has 120 valence electrons. The number of hydrogen-bond acceptors (Lipinski definition) is 2. The highest BCUT2D eigenvalue weighted by atomic mass is 16.5. The van der Waals surface area contributed by atoms with E-state index in [1.807, 2.05) is 0 Å². The highest BCUT2D eigenvalue weighted by molar-refractivity contribution is 5.21. The third-order valence-electron chi connectivity index (χ3n) is 3.47. The normalized spacial score (nSPS) is 12.1. The number of benzene rings is 1. The average Bonchev–Trinajstić information content (AvgIpc) is 2.40. The van der Waals surface area contributed by atoms with Crippen LogP contribution in [0.25, 0.3) is 0 Å². The highest BCUT2D eigenvalue weighted by Crippen LogP contribution is 2.21. The van der Waals surface area contributed by atoms with Crippen molar-refractivity contribution in [2.24, 2.45) is 5.41 Å². The summed E-state index contributed by atoms with van der Waals surface area (Å²) in [6.45, 7) is 13.8. The summed E-state index contributed by atoms with van der Waals surface area (Å²) >= 11 is 0. The first kappa shape index (κ1) is 18.2. The largest absolute Gasteiger partial charge is 0.374 e. The number of nitrogens with one attached hydrogen (secondary N) is 1. The third kappa shape index (κ3) is 9.65. The van der Waals surface area contributed by atoms with Gasteiger partial charge in [0.25, 0.3) is 0 Å². The van der Waals surface area contributed by atoms with Crippen LogP contribution in [-0.2, 0) is 17.9 Å². The fourth-order valence-corrected chi connectivity index (χ4v) is 2.15. The lowest BCUT2D eigenvalue weighted by atomic mass is 9.90. The molecule has 0 saturated carbocycles. The Kier molecular flexibility index (Phi) is 7.98. The van der Waals surface area contributed by atoms with Gasteiger partial charge in [-0.1, -0.05) is 51.5 Å². The molecular weight excluding hydrogens is 258 g/mol. The smallest absolute Gasteiger partial charge is 0.0720 e. The molecule has 1 rings (SSSR count). The van der Waals surface area contributed by atoms with E-state index in [4.69, 9.17) is 4.74 Å². The van der Waals surface area contributed by atoms with E-state index in [0.717, 1.165) is 13.1 Å². The number of rotatable bonds is 9. The Hall–Kier alpha value is -0.860. The lowest BCUT2D eigenvalue weighted by molar-refractivity contribution is 0.0657. The summed E-state index contributed by atoms with van der Waals surface area (Å²) in [5.74, 6) is 0. The summed E-state index contributed by atoms with van der Waals surface area (Å²) in [6, 6.07) is 8.72. The molecule has 0 spiro atoms. The predicted octanol–water partition coefficient (Wildman–Crippen LogP) is 4.92. The average molecular weight is 291 g/mol. The molecule has 1 aromatic rings. The van der Waals surface area contributed by atoms with Crippen molar-refractivity contribution in [1.82, 2.24) is 5.32 Å². The van der Waals surface area contributed by atoms with E-state index in [1.165, 1.54) is 30.4 Å². The molecule has 0 aliphatic rings. The Labute approximate surface area is 131 Å². The minimum atomic E-state index is 0.291. The zero-order valence-electron chi connectivity index (χ0n) is 14.5. The molecule has 0 aliphatic carbocycles. The quantitative estimate of drug-likeness (QED) is 0.652. The lowest BCUT2D eigenvalue weighted by Crippen LogP contribution is -2.15. The first-order chi connectivity index (χ1) is 9.87. The summed E-state index contributed by atoms with van der Waals surface area (Å²) in [7, 11) is 0. The molecule has 0 unspecified atom stereocenters. The van der Waals surface area contributed by atoms with Gasteiger partial charge in [0.2, 0.25) is 0 Å². The molecule has 0 radical (unpaired) electrons. The zero-order valence-corrected chi connectivity index (χ0v) is 14.5. The second-order valence-corrected chi connectivity index (χ2v) is 7.37. The summed E-state index contributed by atoms with van der Waals surface area (Å²) in [6.07, 6.45) is 4.16. The summed E-state index contributed by atoms with van der Waals surface area (Å²) in [5.41, 5.74) is 3.06. The maximum absolute atomic E-state index is 5.60. The second kappa shape index (κ2) is 9.22. The maximum Gasteiger partial charge on any atom is 0.0720 e. The van der Waals surface area contributed by atoms with E-state index < -0.39 is 0 Å². The Morgan fingerprint density at radius 1 is 1.00 bits per heavy atom. The van der Waals surface area contributed by atoms with Gasteiger partial charge in [-0.3, -0.25) is 0 Å². The van der Waals surface area contributed by atoms with Crippen LogP contribution in [-0.4, -0.2) is 12.6 Å². The number of unbranched alkanes of at least 4 members (excludes halogenated alkanes) is 1. The van der Waals surface area contributed by atoms with E-state index in [1.54, 1.807) is 0 Å². The van der Waals surface area contributed by atoms with Crippen molar-refractivity contribution in [2.45, 2.75) is 73.1 Å². The minimum absolute atomic E-state index is 0.291. The SMILES string of the molecule is CC(C)OCc1ccc(CNCCCCC(C)(C)C)cc1. The van der Waals surface area contributed by atoms with Crippen LogP contribution >= 0.6 is 0 Å². The van der Waals surface area contributed by atoms with E-state index in [9.17, 15) is 0 Å². The topological polar surface area (TPSA) is 21.3 Å². The van der Waals surface area contributed by atoms with Crippen molar-refractivity contribution in [3.8, 4) is 0 Å². The molecule has 2 nitrogen and oxygen atoms in total. The molecule has 0 bridgehead atoms. The van der Waals surface area contributed by atoms with Gasteiger partial charge in [-0.15, -0.1) is 0 Å². The molecular formula is C19H33NO. The molecule has 0 saturated heterocycles. The van der Waals surface area contributed by atoms with Gasteiger partial charge in [0.05, 0.1) is 12.7 Å². The van der Waals surface area contributed by atoms with E-state index in [-0.39, 0.29) is 0 Å². The first-order valence-electron chi connectivity index (χ1n) is 8.27. The summed E-state index contributed by atoms with van der Waals surface area (Å²) in [4.78, 5) is 0. The minimum Gasteiger partial charge on any atom is -0.374 e. The standard InChI is InChI=1S/C19H33NO/c1-16(2)21-15-18-10-8-17(9-11-18)14-20-13-7-6-12-19(3,4)5/h8-11,16,20H,6-7,12-15H2,1-5H3. The molecule has 21 heavy (non-hydrogen) atoms.